The zero-order valence-electron chi connectivity index (χ0n) is 6.44. The van der Waals surface area contributed by atoms with Crippen molar-refractivity contribution in [3.63, 3.8) is 0 Å². The fourth-order valence-electron chi connectivity index (χ4n) is 0.277. The molecule has 0 aromatic rings. The maximum Gasteiger partial charge on any atom is 0.147 e. The first kappa shape index (κ1) is 8.92. The van der Waals surface area contributed by atoms with Crippen LogP contribution in [0.15, 0.2) is 0 Å². The zero-order chi connectivity index (χ0) is 7.33. The van der Waals surface area contributed by atoms with Crippen LogP contribution in [-0.2, 0) is 9.47 Å². The van der Waals surface area contributed by atoms with Crippen LogP contribution in [0.5, 0.6) is 0 Å². The van der Waals surface area contributed by atoms with Crippen LogP contribution in [0.1, 0.15) is 20.8 Å². The second-order valence-corrected chi connectivity index (χ2v) is 2.78. The summed E-state index contributed by atoms with van der Waals surface area (Å²) in [6.45, 7) is 10.3. The van der Waals surface area contributed by atoms with Crippen LogP contribution in [0.2, 0.25) is 0 Å². The van der Waals surface area contributed by atoms with Crippen molar-refractivity contribution in [3.05, 3.63) is 6.92 Å². The maximum atomic E-state index is 5.21. The normalized spacial score (nSPS) is 12.0. The highest BCUT2D eigenvalue weighted by Crippen LogP contribution is 2.05. The van der Waals surface area contributed by atoms with Gasteiger partial charge >= 0.3 is 0 Å². The molecule has 0 aromatic carbocycles. The molecule has 0 saturated heterocycles. The van der Waals surface area contributed by atoms with Gasteiger partial charge < -0.3 is 9.47 Å². The minimum absolute atomic E-state index is 0.102. The summed E-state index contributed by atoms with van der Waals surface area (Å²) in [4.78, 5) is 0. The maximum absolute atomic E-state index is 5.21. The fourth-order valence-corrected chi connectivity index (χ4v) is 0.277. The van der Waals surface area contributed by atoms with Crippen molar-refractivity contribution in [2.24, 2.45) is 0 Å². The Morgan fingerprint density at radius 1 is 1.33 bits per heavy atom. The highest BCUT2D eigenvalue weighted by Gasteiger charge is 2.08. The average molecular weight is 131 g/mol. The summed E-state index contributed by atoms with van der Waals surface area (Å²) in [5, 5.41) is 0. The van der Waals surface area contributed by atoms with Crippen LogP contribution in [0.4, 0.5) is 0 Å². The summed E-state index contributed by atoms with van der Waals surface area (Å²) in [7, 11) is 0. The molecule has 2 heteroatoms. The van der Waals surface area contributed by atoms with Crippen molar-refractivity contribution in [2.45, 2.75) is 26.4 Å². The molecule has 0 rings (SSSR count). The molecular weight excluding hydrogens is 116 g/mol. The van der Waals surface area contributed by atoms with E-state index in [1.807, 2.05) is 20.8 Å². The van der Waals surface area contributed by atoms with E-state index in [0.29, 0.717) is 13.4 Å². The van der Waals surface area contributed by atoms with Gasteiger partial charge in [0.25, 0.3) is 0 Å². The lowest BCUT2D eigenvalue weighted by molar-refractivity contribution is -0.114. The molecular formula is C7H15O2. The molecule has 0 aromatic heterocycles. The molecule has 0 unspecified atom stereocenters. The van der Waals surface area contributed by atoms with Crippen LogP contribution in [0.25, 0.3) is 0 Å². The summed E-state index contributed by atoms with van der Waals surface area (Å²) in [5.41, 5.74) is -0.102. The molecule has 2 nitrogen and oxygen atoms in total. The van der Waals surface area contributed by atoms with E-state index in [-0.39, 0.29) is 5.60 Å². The molecule has 0 amide bonds. The van der Waals surface area contributed by atoms with Crippen molar-refractivity contribution in [2.75, 3.05) is 13.4 Å². The molecule has 9 heavy (non-hydrogen) atoms. The fraction of sp³-hybridized carbons (Fsp3) is 0.857. The molecule has 0 aliphatic rings. The molecule has 1 radical (unpaired) electrons. The van der Waals surface area contributed by atoms with E-state index in [0.717, 1.165) is 0 Å². The molecule has 0 N–H and O–H groups in total. The van der Waals surface area contributed by atoms with Crippen molar-refractivity contribution < 1.29 is 9.47 Å². The quantitative estimate of drug-likeness (QED) is 0.428. The van der Waals surface area contributed by atoms with Crippen LogP contribution in [0.3, 0.4) is 0 Å². The van der Waals surface area contributed by atoms with E-state index in [1.165, 1.54) is 0 Å². The summed E-state index contributed by atoms with van der Waals surface area (Å²) >= 11 is 0. The number of hydrogen-bond acceptors (Lipinski definition) is 2. The van der Waals surface area contributed by atoms with Crippen LogP contribution in [-0.4, -0.2) is 19.0 Å². The first-order valence-corrected chi connectivity index (χ1v) is 3.07. The third-order valence-corrected chi connectivity index (χ3v) is 0.720. The third-order valence-electron chi connectivity index (χ3n) is 0.720. The zero-order valence-corrected chi connectivity index (χ0v) is 6.44. The average Bonchev–Trinajstić information content (AvgIpc) is 1.63. The lowest BCUT2D eigenvalue weighted by Gasteiger charge is -2.18. The van der Waals surface area contributed by atoms with Crippen molar-refractivity contribution in [1.29, 1.82) is 0 Å². The first-order valence-electron chi connectivity index (χ1n) is 3.07. The molecule has 0 atom stereocenters. The number of hydrogen-bond donors (Lipinski definition) is 0. The summed E-state index contributed by atoms with van der Waals surface area (Å²) in [6, 6.07) is 0. The molecule has 55 valence electrons. The van der Waals surface area contributed by atoms with Gasteiger partial charge in [0.15, 0.2) is 0 Å². The highest BCUT2D eigenvalue weighted by atomic mass is 16.7. The van der Waals surface area contributed by atoms with Crippen LogP contribution >= 0.6 is 0 Å². The van der Waals surface area contributed by atoms with Crippen LogP contribution in [0, 0.1) is 6.92 Å². The summed E-state index contributed by atoms with van der Waals surface area (Å²) in [6.07, 6.45) is 0. The standard InChI is InChI=1S/C7H15O2/c1-5-8-6-9-7(2,3)4/h1,5-6H2,2-4H3. The Labute approximate surface area is 57.2 Å². The minimum Gasteiger partial charge on any atom is -0.355 e. The topological polar surface area (TPSA) is 18.5 Å². The van der Waals surface area contributed by atoms with Crippen molar-refractivity contribution in [1.82, 2.24) is 0 Å². The second-order valence-electron chi connectivity index (χ2n) is 2.78. The molecule has 0 fully saturated rings. The second kappa shape index (κ2) is 3.85. The first-order chi connectivity index (χ1) is 4.06. The van der Waals surface area contributed by atoms with E-state index in [1.54, 1.807) is 0 Å². The summed E-state index contributed by atoms with van der Waals surface area (Å²) < 4.78 is 10.1. The van der Waals surface area contributed by atoms with Gasteiger partial charge in [0.2, 0.25) is 0 Å². The Kier molecular flexibility index (Phi) is 3.82. The Balaban J connectivity index is 3.07. The number of rotatable bonds is 3. The van der Waals surface area contributed by atoms with Gasteiger partial charge in [0.05, 0.1) is 5.60 Å². The molecule has 0 saturated carbocycles. The van der Waals surface area contributed by atoms with Gasteiger partial charge in [-0.1, -0.05) is 0 Å². The van der Waals surface area contributed by atoms with Gasteiger partial charge in [0, 0.05) is 6.61 Å². The van der Waals surface area contributed by atoms with Gasteiger partial charge in [-0.05, 0) is 27.7 Å². The summed E-state index contributed by atoms with van der Waals surface area (Å²) in [5.74, 6) is 0. The van der Waals surface area contributed by atoms with E-state index in [9.17, 15) is 0 Å². The Morgan fingerprint density at radius 3 is 2.22 bits per heavy atom. The van der Waals surface area contributed by atoms with E-state index in [2.05, 4.69) is 6.92 Å². The Morgan fingerprint density at radius 2 is 1.89 bits per heavy atom. The van der Waals surface area contributed by atoms with Gasteiger partial charge in [-0.15, -0.1) is 0 Å². The number of ether oxygens (including phenoxy) is 2. The Bertz CT molecular complexity index is 63.8. The molecule has 0 bridgehead atoms. The lowest BCUT2D eigenvalue weighted by atomic mass is 10.2. The largest absolute Gasteiger partial charge is 0.355 e. The lowest BCUT2D eigenvalue weighted by Crippen LogP contribution is -2.20. The highest BCUT2D eigenvalue weighted by molar-refractivity contribution is 4.56. The predicted octanol–water partition coefficient (Wildman–Crippen LogP) is 1.61. The van der Waals surface area contributed by atoms with E-state index >= 15 is 0 Å². The van der Waals surface area contributed by atoms with Gasteiger partial charge in [0.1, 0.15) is 6.79 Å². The van der Waals surface area contributed by atoms with Crippen molar-refractivity contribution >= 4 is 0 Å². The van der Waals surface area contributed by atoms with Crippen molar-refractivity contribution in [3.8, 4) is 0 Å². The smallest absolute Gasteiger partial charge is 0.147 e. The van der Waals surface area contributed by atoms with E-state index in [4.69, 9.17) is 9.47 Å². The molecule has 0 spiro atoms. The third kappa shape index (κ3) is 7.92. The SMILES string of the molecule is [CH2]COCOC(C)(C)C. The molecule has 0 aliphatic carbocycles. The van der Waals surface area contributed by atoms with Gasteiger partial charge in [-0.2, -0.15) is 0 Å². The Hall–Kier alpha value is -0.0800. The van der Waals surface area contributed by atoms with E-state index < -0.39 is 0 Å². The predicted molar refractivity (Wildman–Crippen MR) is 37.0 cm³/mol. The molecule has 0 aliphatic heterocycles. The monoisotopic (exact) mass is 131 g/mol. The van der Waals surface area contributed by atoms with Crippen LogP contribution < -0.4 is 0 Å². The molecule has 0 heterocycles. The minimum atomic E-state index is -0.102. The van der Waals surface area contributed by atoms with Gasteiger partial charge in [-0.25, -0.2) is 0 Å². The van der Waals surface area contributed by atoms with Gasteiger partial charge in [-0.3, -0.25) is 0 Å².